The summed E-state index contributed by atoms with van der Waals surface area (Å²) in [6.45, 7) is 6.19. The Balaban J connectivity index is 1.99. The molecule has 1 amide bonds. The summed E-state index contributed by atoms with van der Waals surface area (Å²) < 4.78 is 10.9. The lowest BCUT2D eigenvalue weighted by molar-refractivity contribution is -0.111. The van der Waals surface area contributed by atoms with Crippen molar-refractivity contribution in [2.45, 2.75) is 32.7 Å². The number of nitrogens with one attached hydrogen (secondary N) is 2. The number of hydrogen-bond donors (Lipinski definition) is 2. The van der Waals surface area contributed by atoms with Crippen LogP contribution < -0.4 is 20.1 Å². The lowest BCUT2D eigenvalue weighted by Gasteiger charge is -2.36. The maximum absolute atomic E-state index is 12.6. The van der Waals surface area contributed by atoms with Crippen LogP contribution in [-0.2, 0) is 11.2 Å². The van der Waals surface area contributed by atoms with Crippen LogP contribution in [-0.4, -0.2) is 25.7 Å². The fraction of sp³-hybridized carbons (Fsp3) is 0.318. The lowest BCUT2D eigenvalue weighted by Crippen LogP contribution is -2.44. The monoisotopic (exact) mass is 366 g/mol. The Morgan fingerprint density at radius 2 is 1.81 bits per heavy atom. The number of methoxy groups -OCH3 is 2. The van der Waals surface area contributed by atoms with Crippen LogP contribution in [0.3, 0.4) is 0 Å². The minimum atomic E-state index is -0.179. The first-order valence-electron chi connectivity index (χ1n) is 8.95. The third-order valence-corrected chi connectivity index (χ3v) is 4.68. The molecule has 5 heteroatoms. The summed E-state index contributed by atoms with van der Waals surface area (Å²) in [6.07, 6.45) is 2.43. The summed E-state index contributed by atoms with van der Waals surface area (Å²) in [5.74, 6) is 1.16. The highest BCUT2D eigenvalue weighted by atomic mass is 16.5. The molecule has 2 N–H and O–H groups in total. The molecule has 0 saturated carbocycles. The number of hydrogen-bond acceptors (Lipinski definition) is 4. The topological polar surface area (TPSA) is 59.6 Å². The Kier molecular flexibility index (Phi) is 5.13. The zero-order valence-electron chi connectivity index (χ0n) is 16.5. The number of carbonyl (C=O) groups is 1. The summed E-state index contributed by atoms with van der Waals surface area (Å²) in [5.41, 5.74) is 4.49. The van der Waals surface area contributed by atoms with Crippen molar-refractivity contribution >= 4 is 17.3 Å². The number of fused-ring (bicyclic) bond motifs is 1. The van der Waals surface area contributed by atoms with Gasteiger partial charge < -0.3 is 20.1 Å². The lowest BCUT2D eigenvalue weighted by atomic mass is 9.85. The SMILES string of the molecule is COc1cc2c(cc1OC)/C(=C\C(=O)Nc1ccccc1C)NC(C)(C)C2. The molecular formula is C22H26N2O3. The zero-order chi connectivity index (χ0) is 19.6. The van der Waals surface area contributed by atoms with Gasteiger partial charge in [-0.15, -0.1) is 0 Å². The number of ether oxygens (including phenoxy) is 2. The largest absolute Gasteiger partial charge is 0.493 e. The predicted molar refractivity (Wildman–Crippen MR) is 108 cm³/mol. The van der Waals surface area contributed by atoms with E-state index in [9.17, 15) is 4.79 Å². The Hall–Kier alpha value is -2.95. The van der Waals surface area contributed by atoms with Gasteiger partial charge in [0.25, 0.3) is 0 Å². The Morgan fingerprint density at radius 3 is 2.48 bits per heavy atom. The van der Waals surface area contributed by atoms with E-state index in [1.165, 1.54) is 0 Å². The number of amides is 1. The van der Waals surface area contributed by atoms with Gasteiger partial charge in [0.2, 0.25) is 5.91 Å². The van der Waals surface area contributed by atoms with E-state index in [-0.39, 0.29) is 11.4 Å². The van der Waals surface area contributed by atoms with Gasteiger partial charge in [0.05, 0.1) is 14.2 Å². The molecule has 0 aromatic heterocycles. The van der Waals surface area contributed by atoms with E-state index in [0.29, 0.717) is 11.5 Å². The molecule has 0 atom stereocenters. The van der Waals surface area contributed by atoms with Gasteiger partial charge in [-0.25, -0.2) is 0 Å². The van der Waals surface area contributed by atoms with E-state index in [1.54, 1.807) is 20.3 Å². The minimum absolute atomic E-state index is 0.176. The third-order valence-electron chi connectivity index (χ3n) is 4.68. The van der Waals surface area contributed by atoms with Gasteiger partial charge in [-0.2, -0.15) is 0 Å². The molecule has 0 radical (unpaired) electrons. The first kappa shape index (κ1) is 18.8. The molecule has 2 aromatic rings. The molecule has 142 valence electrons. The standard InChI is InChI=1S/C22H26N2O3/c1-14-8-6-7-9-17(14)23-21(25)12-18-16-11-20(27-5)19(26-4)10-15(16)13-22(2,3)24-18/h6-12,24H,13H2,1-5H3,(H,23,25)/b18-12+. The zero-order valence-corrected chi connectivity index (χ0v) is 16.5. The molecule has 0 fully saturated rings. The van der Waals surface area contributed by atoms with Gasteiger partial charge in [-0.05, 0) is 56.5 Å². The fourth-order valence-corrected chi connectivity index (χ4v) is 3.40. The number of benzene rings is 2. The number of aryl methyl sites for hydroxylation is 1. The summed E-state index contributed by atoms with van der Waals surface area (Å²) in [5, 5.41) is 6.43. The Bertz CT molecular complexity index is 900. The molecular weight excluding hydrogens is 340 g/mol. The van der Waals surface area contributed by atoms with Gasteiger partial charge in [-0.3, -0.25) is 4.79 Å². The molecule has 0 spiro atoms. The molecule has 2 aromatic carbocycles. The highest BCUT2D eigenvalue weighted by Gasteiger charge is 2.29. The van der Waals surface area contributed by atoms with E-state index in [4.69, 9.17) is 9.47 Å². The van der Waals surface area contributed by atoms with E-state index < -0.39 is 0 Å². The van der Waals surface area contributed by atoms with Gasteiger partial charge in [0, 0.05) is 28.6 Å². The van der Waals surface area contributed by atoms with Crippen LogP contribution in [0.5, 0.6) is 11.5 Å². The molecule has 0 saturated heterocycles. The molecule has 27 heavy (non-hydrogen) atoms. The van der Waals surface area contributed by atoms with Crippen LogP contribution in [0, 0.1) is 6.92 Å². The van der Waals surface area contributed by atoms with Crippen LogP contribution in [0.15, 0.2) is 42.5 Å². The third kappa shape index (κ3) is 4.08. The van der Waals surface area contributed by atoms with E-state index >= 15 is 0 Å². The summed E-state index contributed by atoms with van der Waals surface area (Å²) in [6, 6.07) is 11.6. The van der Waals surface area contributed by atoms with Crippen LogP contribution in [0.2, 0.25) is 0 Å². The number of anilines is 1. The molecule has 5 nitrogen and oxygen atoms in total. The van der Waals surface area contributed by atoms with Gasteiger partial charge >= 0.3 is 0 Å². The van der Waals surface area contributed by atoms with E-state index in [2.05, 4.69) is 24.5 Å². The van der Waals surface area contributed by atoms with Crippen molar-refractivity contribution in [2.75, 3.05) is 19.5 Å². The second-order valence-corrected chi connectivity index (χ2v) is 7.41. The van der Waals surface area contributed by atoms with Crippen molar-refractivity contribution in [2.24, 2.45) is 0 Å². The second-order valence-electron chi connectivity index (χ2n) is 7.41. The highest BCUT2D eigenvalue weighted by Crippen LogP contribution is 2.37. The molecule has 0 bridgehead atoms. The van der Waals surface area contributed by atoms with Gasteiger partial charge in [0.15, 0.2) is 11.5 Å². The van der Waals surface area contributed by atoms with E-state index in [0.717, 1.165) is 34.5 Å². The molecule has 1 aliphatic heterocycles. The van der Waals surface area contributed by atoms with Gasteiger partial charge in [-0.1, -0.05) is 18.2 Å². The van der Waals surface area contributed by atoms with Crippen LogP contribution in [0.25, 0.3) is 5.70 Å². The normalized spacial score (nSPS) is 16.3. The molecule has 0 aliphatic carbocycles. The Labute approximate surface area is 160 Å². The first-order valence-corrected chi connectivity index (χ1v) is 8.95. The summed E-state index contributed by atoms with van der Waals surface area (Å²) in [7, 11) is 3.24. The number of para-hydroxylation sites is 1. The number of rotatable bonds is 4. The maximum Gasteiger partial charge on any atom is 0.250 e. The van der Waals surface area contributed by atoms with Crippen LogP contribution in [0.4, 0.5) is 5.69 Å². The summed E-state index contributed by atoms with van der Waals surface area (Å²) in [4.78, 5) is 12.6. The molecule has 1 aliphatic rings. The average Bonchev–Trinajstić information content (AvgIpc) is 2.61. The first-order chi connectivity index (χ1) is 12.8. The van der Waals surface area contributed by atoms with E-state index in [1.807, 2.05) is 43.3 Å². The van der Waals surface area contributed by atoms with Crippen molar-refractivity contribution in [3.63, 3.8) is 0 Å². The minimum Gasteiger partial charge on any atom is -0.493 e. The van der Waals surface area contributed by atoms with Crippen molar-refractivity contribution in [1.29, 1.82) is 0 Å². The molecule has 3 rings (SSSR count). The molecule has 1 heterocycles. The van der Waals surface area contributed by atoms with Crippen molar-refractivity contribution in [3.05, 3.63) is 59.2 Å². The molecule has 0 unspecified atom stereocenters. The Morgan fingerprint density at radius 1 is 1.15 bits per heavy atom. The van der Waals surface area contributed by atoms with Crippen molar-refractivity contribution in [3.8, 4) is 11.5 Å². The second kappa shape index (κ2) is 7.35. The average molecular weight is 366 g/mol. The van der Waals surface area contributed by atoms with Gasteiger partial charge in [0.1, 0.15) is 0 Å². The van der Waals surface area contributed by atoms with Crippen LogP contribution in [0.1, 0.15) is 30.5 Å². The summed E-state index contributed by atoms with van der Waals surface area (Å²) >= 11 is 0. The quantitative estimate of drug-likeness (QED) is 0.806. The highest BCUT2D eigenvalue weighted by molar-refractivity contribution is 6.04. The number of carbonyl (C=O) groups excluding carboxylic acids is 1. The van der Waals surface area contributed by atoms with Crippen molar-refractivity contribution in [1.82, 2.24) is 5.32 Å². The fourth-order valence-electron chi connectivity index (χ4n) is 3.40. The maximum atomic E-state index is 12.6. The smallest absolute Gasteiger partial charge is 0.250 e. The predicted octanol–water partition coefficient (Wildman–Crippen LogP) is 3.92. The van der Waals surface area contributed by atoms with Crippen molar-refractivity contribution < 1.29 is 14.3 Å². The van der Waals surface area contributed by atoms with Crippen LogP contribution >= 0.6 is 0 Å².